The van der Waals surface area contributed by atoms with Crippen molar-refractivity contribution in [1.29, 1.82) is 0 Å². The molecule has 0 aromatic heterocycles. The fourth-order valence-electron chi connectivity index (χ4n) is 4.43. The number of rotatable bonds is 8. The van der Waals surface area contributed by atoms with Gasteiger partial charge in [0.1, 0.15) is 0 Å². The first-order chi connectivity index (χ1) is 16.3. The van der Waals surface area contributed by atoms with E-state index in [-0.39, 0.29) is 16.7 Å². The Kier molecular flexibility index (Phi) is 7.90. The van der Waals surface area contributed by atoms with Crippen molar-refractivity contribution in [1.82, 2.24) is 0 Å². The summed E-state index contributed by atoms with van der Waals surface area (Å²) in [6.45, 7) is 8.52. The van der Waals surface area contributed by atoms with Crippen molar-refractivity contribution in [2.75, 3.05) is 41.3 Å². The molecule has 4 rings (SSSR count). The van der Waals surface area contributed by atoms with E-state index in [4.69, 9.17) is 4.74 Å². The molecule has 2 heterocycles. The van der Waals surface area contributed by atoms with E-state index in [1.807, 2.05) is 44.2 Å². The number of sulfonamides is 1. The minimum Gasteiger partial charge on any atom is -0.381 e. The maximum Gasteiger partial charge on any atom is 0.264 e. The van der Waals surface area contributed by atoms with Crippen LogP contribution < -0.4 is 9.21 Å². The smallest absolute Gasteiger partial charge is 0.264 e. The highest BCUT2D eigenvalue weighted by Crippen LogP contribution is 2.39. The lowest BCUT2D eigenvalue weighted by atomic mass is 9.99. The quantitative estimate of drug-likeness (QED) is 0.510. The SMILES string of the molecule is CCc1ccc(N(CC(C)C)S(=O)(=O)c2ccc3c(c2)N(CC2CCOCC2)C(=O)CS3)cc1. The van der Waals surface area contributed by atoms with Crippen LogP contribution in [0.2, 0.25) is 0 Å². The van der Waals surface area contributed by atoms with Crippen molar-refractivity contribution < 1.29 is 17.9 Å². The second kappa shape index (κ2) is 10.7. The predicted octanol–water partition coefficient (Wildman–Crippen LogP) is 4.97. The summed E-state index contributed by atoms with van der Waals surface area (Å²) in [5.41, 5.74) is 2.53. The van der Waals surface area contributed by atoms with Gasteiger partial charge < -0.3 is 9.64 Å². The number of ether oxygens (including phenoxy) is 1. The second-order valence-electron chi connectivity index (χ2n) is 9.43. The van der Waals surface area contributed by atoms with Gasteiger partial charge >= 0.3 is 0 Å². The summed E-state index contributed by atoms with van der Waals surface area (Å²) < 4.78 is 34.7. The molecule has 34 heavy (non-hydrogen) atoms. The summed E-state index contributed by atoms with van der Waals surface area (Å²) in [6, 6.07) is 13.0. The van der Waals surface area contributed by atoms with Crippen LogP contribution in [0.5, 0.6) is 0 Å². The topological polar surface area (TPSA) is 66.9 Å². The number of carbonyl (C=O) groups excluding carboxylic acids is 1. The van der Waals surface area contributed by atoms with E-state index < -0.39 is 10.0 Å². The number of anilines is 2. The lowest BCUT2D eigenvalue weighted by Crippen LogP contribution is -2.40. The Morgan fingerprint density at radius 3 is 2.47 bits per heavy atom. The Hall–Kier alpha value is -2.03. The molecular weight excluding hydrogens is 468 g/mol. The van der Waals surface area contributed by atoms with Gasteiger partial charge in [-0.25, -0.2) is 8.42 Å². The highest BCUT2D eigenvalue weighted by molar-refractivity contribution is 8.00. The summed E-state index contributed by atoms with van der Waals surface area (Å²) in [7, 11) is -3.81. The first-order valence-corrected chi connectivity index (χ1v) is 14.5. The summed E-state index contributed by atoms with van der Waals surface area (Å²) in [6.07, 6.45) is 2.73. The van der Waals surface area contributed by atoms with E-state index in [2.05, 4.69) is 6.92 Å². The molecule has 0 N–H and O–H groups in total. The van der Waals surface area contributed by atoms with Crippen molar-refractivity contribution in [2.45, 2.75) is 49.8 Å². The molecule has 184 valence electrons. The zero-order chi connectivity index (χ0) is 24.3. The fourth-order valence-corrected chi connectivity index (χ4v) is 6.99. The maximum absolute atomic E-state index is 13.9. The highest BCUT2D eigenvalue weighted by atomic mass is 32.2. The Labute approximate surface area is 207 Å². The van der Waals surface area contributed by atoms with E-state index in [1.165, 1.54) is 21.6 Å². The molecule has 0 aliphatic carbocycles. The van der Waals surface area contributed by atoms with Crippen LogP contribution in [0.25, 0.3) is 0 Å². The number of carbonyl (C=O) groups is 1. The molecule has 0 spiro atoms. The minimum absolute atomic E-state index is 0.0349. The number of hydrogen-bond donors (Lipinski definition) is 0. The lowest BCUT2D eigenvalue weighted by molar-refractivity contribution is -0.116. The zero-order valence-electron chi connectivity index (χ0n) is 20.2. The van der Waals surface area contributed by atoms with Crippen LogP contribution in [-0.4, -0.2) is 46.4 Å². The van der Waals surface area contributed by atoms with Gasteiger partial charge in [0.05, 0.1) is 22.0 Å². The van der Waals surface area contributed by atoms with Gasteiger partial charge in [-0.05, 0) is 67.0 Å². The summed E-state index contributed by atoms with van der Waals surface area (Å²) in [5.74, 6) is 0.933. The van der Waals surface area contributed by atoms with Gasteiger partial charge in [-0.1, -0.05) is 32.9 Å². The Bertz CT molecular complexity index is 1110. The van der Waals surface area contributed by atoms with E-state index in [9.17, 15) is 13.2 Å². The fraction of sp³-hybridized carbons (Fsp3) is 0.500. The molecule has 2 aliphatic rings. The van der Waals surface area contributed by atoms with Crippen LogP contribution in [0, 0.1) is 11.8 Å². The molecule has 1 amide bonds. The third-order valence-corrected chi connectivity index (χ3v) is 9.24. The first kappa shape index (κ1) is 25.1. The number of fused-ring (bicyclic) bond motifs is 1. The van der Waals surface area contributed by atoms with Gasteiger partial charge in [0, 0.05) is 31.2 Å². The van der Waals surface area contributed by atoms with Gasteiger partial charge in [-0.2, -0.15) is 0 Å². The summed E-state index contributed by atoms with van der Waals surface area (Å²) in [4.78, 5) is 15.8. The molecule has 1 fully saturated rings. The van der Waals surface area contributed by atoms with E-state index >= 15 is 0 Å². The molecule has 2 aromatic carbocycles. The molecule has 0 radical (unpaired) electrons. The minimum atomic E-state index is -3.81. The Morgan fingerprint density at radius 1 is 1.12 bits per heavy atom. The molecule has 1 saturated heterocycles. The van der Waals surface area contributed by atoms with Crippen molar-refractivity contribution in [2.24, 2.45) is 11.8 Å². The van der Waals surface area contributed by atoms with Gasteiger partial charge in [-0.15, -0.1) is 11.8 Å². The molecule has 2 aliphatic heterocycles. The largest absolute Gasteiger partial charge is 0.381 e. The van der Waals surface area contributed by atoms with E-state index in [0.29, 0.717) is 49.3 Å². The molecule has 2 aromatic rings. The van der Waals surface area contributed by atoms with Gasteiger partial charge in [0.25, 0.3) is 10.0 Å². The molecular formula is C26H34N2O4S2. The average molecular weight is 503 g/mol. The van der Waals surface area contributed by atoms with Crippen LogP contribution in [0.4, 0.5) is 11.4 Å². The van der Waals surface area contributed by atoms with Crippen molar-refractivity contribution in [3.63, 3.8) is 0 Å². The average Bonchev–Trinajstić information content (AvgIpc) is 2.84. The number of benzene rings is 2. The molecule has 0 unspecified atom stereocenters. The number of hydrogen-bond acceptors (Lipinski definition) is 5. The number of thioether (sulfide) groups is 1. The van der Waals surface area contributed by atoms with E-state index in [0.717, 1.165) is 24.2 Å². The van der Waals surface area contributed by atoms with Crippen LogP contribution in [0.1, 0.15) is 39.2 Å². The zero-order valence-corrected chi connectivity index (χ0v) is 21.8. The van der Waals surface area contributed by atoms with Crippen LogP contribution in [0.3, 0.4) is 0 Å². The normalized spacial score (nSPS) is 17.2. The van der Waals surface area contributed by atoms with Crippen LogP contribution in [0.15, 0.2) is 52.3 Å². The number of nitrogens with zero attached hydrogens (tertiary/aromatic N) is 2. The summed E-state index contributed by atoms with van der Waals surface area (Å²) in [5, 5.41) is 0. The number of amides is 1. The first-order valence-electron chi connectivity index (χ1n) is 12.1. The van der Waals surface area contributed by atoms with Gasteiger partial charge in [0.2, 0.25) is 5.91 Å². The highest BCUT2D eigenvalue weighted by Gasteiger charge is 2.32. The summed E-state index contributed by atoms with van der Waals surface area (Å²) >= 11 is 1.48. The Balaban J connectivity index is 1.69. The monoisotopic (exact) mass is 502 g/mol. The molecule has 0 atom stereocenters. The molecule has 0 saturated carbocycles. The standard InChI is InChI=1S/C26H34N2O4S2/c1-4-20-5-7-22(8-6-20)28(16-19(2)3)34(30,31)23-9-10-25-24(15-23)27(26(29)18-33-25)17-21-11-13-32-14-12-21/h5-10,15,19,21H,4,11-14,16-18H2,1-3H3. The maximum atomic E-state index is 13.9. The predicted molar refractivity (Wildman–Crippen MR) is 138 cm³/mol. The third-order valence-electron chi connectivity index (χ3n) is 6.41. The van der Waals surface area contributed by atoms with Gasteiger partial charge in [0.15, 0.2) is 0 Å². The third kappa shape index (κ3) is 5.44. The van der Waals surface area contributed by atoms with Crippen molar-refractivity contribution >= 4 is 39.1 Å². The second-order valence-corrected chi connectivity index (χ2v) is 12.3. The van der Waals surface area contributed by atoms with Gasteiger partial charge in [-0.3, -0.25) is 9.10 Å². The van der Waals surface area contributed by atoms with Crippen LogP contribution in [-0.2, 0) is 26.0 Å². The van der Waals surface area contributed by atoms with E-state index in [1.54, 1.807) is 17.0 Å². The molecule has 6 nitrogen and oxygen atoms in total. The molecule has 8 heteroatoms. The van der Waals surface area contributed by atoms with Crippen molar-refractivity contribution in [3.05, 3.63) is 48.0 Å². The van der Waals surface area contributed by atoms with Crippen LogP contribution >= 0.6 is 11.8 Å². The number of aryl methyl sites for hydroxylation is 1. The molecule has 0 bridgehead atoms. The van der Waals surface area contributed by atoms with Crippen molar-refractivity contribution in [3.8, 4) is 0 Å². The lowest BCUT2D eigenvalue weighted by Gasteiger charge is -2.34. The Morgan fingerprint density at radius 2 is 1.82 bits per heavy atom.